The van der Waals surface area contributed by atoms with Gasteiger partial charge >= 0.3 is 0 Å². The van der Waals surface area contributed by atoms with E-state index in [0.717, 1.165) is 21.9 Å². The van der Waals surface area contributed by atoms with Crippen LogP contribution in [0.3, 0.4) is 0 Å². The van der Waals surface area contributed by atoms with Crippen LogP contribution < -0.4 is 9.80 Å². The molecule has 0 fully saturated rings. The van der Waals surface area contributed by atoms with Crippen LogP contribution in [0.2, 0.25) is 0 Å². The lowest BCUT2D eigenvalue weighted by Crippen LogP contribution is -2.38. The summed E-state index contributed by atoms with van der Waals surface area (Å²) in [5.74, 6) is 0. The summed E-state index contributed by atoms with van der Waals surface area (Å²) in [6.45, 7) is 19.5. The number of nitrogens with zero attached hydrogens (tertiary/aromatic N) is 2. The lowest BCUT2D eigenvalue weighted by Gasteiger charge is -2.50. The number of rotatable bonds is 6. The van der Waals surface area contributed by atoms with Crippen LogP contribution in [0.15, 0.2) is 259 Å². The minimum Gasteiger partial charge on any atom is -0.456 e. The molecule has 0 saturated carbocycles. The Kier molecular flexibility index (Phi) is 10.8. The van der Waals surface area contributed by atoms with Gasteiger partial charge in [0.2, 0.25) is 0 Å². The molecule has 0 unspecified atom stereocenters. The van der Waals surface area contributed by atoms with Gasteiger partial charge in [0.05, 0.1) is 34.1 Å². The summed E-state index contributed by atoms with van der Waals surface area (Å²) in [6.07, 6.45) is 0. The van der Waals surface area contributed by atoms with Crippen molar-refractivity contribution < 1.29 is 4.42 Å². The van der Waals surface area contributed by atoms with Crippen LogP contribution in [0.1, 0.15) is 99.9 Å². The van der Waals surface area contributed by atoms with Crippen LogP contribution in [-0.2, 0) is 21.7 Å². The number of hydrogen-bond acceptors (Lipinski definition) is 3. The van der Waals surface area contributed by atoms with Crippen molar-refractivity contribution in [3.63, 3.8) is 0 Å². The molecule has 17 rings (SSSR count). The SMILES string of the molecule is CC1(C)c2cc(-c3ccccc3)ccc2N2c3ccc(-c4ccccc4)cc3C(C)(C)c3cc(-c4ccc5oc6ccc(-c7cc8c9c(c7)C(C)(C)c7cc(-c%10ccccc%10)ccc7N9c7ccc(-c9ccccc9)cc7C8(C)C)cc6c5c4)cc1c32. The normalized spacial score (nSPS) is 15.7. The van der Waals surface area contributed by atoms with Gasteiger partial charge in [0.1, 0.15) is 11.2 Å². The van der Waals surface area contributed by atoms with Gasteiger partial charge in [-0.15, -0.1) is 0 Å². The minimum absolute atomic E-state index is 0.331. The maximum Gasteiger partial charge on any atom is 0.135 e. The Hall–Kier alpha value is -9.96. The molecular weight excluding hydrogens is 1050 g/mol. The molecule has 4 aliphatic rings. The van der Waals surface area contributed by atoms with Crippen molar-refractivity contribution in [2.75, 3.05) is 9.80 Å². The lowest BCUT2D eigenvalue weighted by molar-refractivity contribution is 0.597. The lowest BCUT2D eigenvalue weighted by atomic mass is 9.65. The minimum atomic E-state index is -0.331. The number of anilines is 6. The summed E-state index contributed by atoms with van der Waals surface area (Å²) in [5, 5.41) is 2.23. The van der Waals surface area contributed by atoms with Gasteiger partial charge in [0, 0.05) is 32.4 Å². The summed E-state index contributed by atoms with van der Waals surface area (Å²) in [7, 11) is 0. The summed E-state index contributed by atoms with van der Waals surface area (Å²) < 4.78 is 6.82. The molecule has 418 valence electrons. The van der Waals surface area contributed by atoms with Gasteiger partial charge in [-0.3, -0.25) is 0 Å². The Morgan fingerprint density at radius 1 is 0.218 bits per heavy atom. The van der Waals surface area contributed by atoms with E-state index >= 15 is 0 Å². The first kappa shape index (κ1) is 51.5. The second-order valence-electron chi connectivity index (χ2n) is 26.9. The zero-order valence-corrected chi connectivity index (χ0v) is 50.6. The number of hydrogen-bond donors (Lipinski definition) is 0. The average Bonchev–Trinajstić information content (AvgIpc) is 1.09. The predicted molar refractivity (Wildman–Crippen MR) is 364 cm³/mol. The van der Waals surface area contributed by atoms with Crippen LogP contribution in [0, 0.1) is 0 Å². The smallest absolute Gasteiger partial charge is 0.135 e. The van der Waals surface area contributed by atoms with Crippen molar-refractivity contribution in [1.29, 1.82) is 0 Å². The molecule has 0 radical (unpaired) electrons. The summed E-state index contributed by atoms with van der Waals surface area (Å²) >= 11 is 0. The van der Waals surface area contributed by atoms with Gasteiger partial charge in [-0.25, -0.2) is 0 Å². The highest BCUT2D eigenvalue weighted by Gasteiger charge is 2.48. The van der Waals surface area contributed by atoms with E-state index in [1.807, 2.05) is 0 Å². The van der Waals surface area contributed by atoms with E-state index in [1.54, 1.807) is 0 Å². The fraction of sp³-hybridized carbons (Fsp3) is 0.143. The summed E-state index contributed by atoms with van der Waals surface area (Å²) in [6, 6.07) is 95.7. The first-order valence-corrected chi connectivity index (χ1v) is 30.9. The molecule has 0 amide bonds. The third-order valence-electron chi connectivity index (χ3n) is 20.6. The van der Waals surface area contributed by atoms with Gasteiger partial charge < -0.3 is 14.2 Å². The number of furan rings is 1. The molecule has 0 saturated heterocycles. The third-order valence-corrected chi connectivity index (χ3v) is 20.6. The Bertz CT molecular complexity index is 4460. The van der Waals surface area contributed by atoms with Crippen molar-refractivity contribution in [1.82, 2.24) is 0 Å². The quantitative estimate of drug-likeness (QED) is 0.165. The Morgan fingerprint density at radius 3 is 0.713 bits per heavy atom. The first-order chi connectivity index (χ1) is 42.1. The molecule has 13 aromatic rings. The molecule has 5 heterocycles. The maximum absolute atomic E-state index is 6.82. The Labute approximate surface area is 510 Å². The number of benzene rings is 12. The zero-order chi connectivity index (χ0) is 58.9. The van der Waals surface area contributed by atoms with Gasteiger partial charge in [0.25, 0.3) is 0 Å². The second kappa shape index (κ2) is 18.3. The Balaban J connectivity index is 0.835. The molecule has 0 N–H and O–H groups in total. The van der Waals surface area contributed by atoms with E-state index in [4.69, 9.17) is 4.42 Å². The third kappa shape index (κ3) is 7.48. The first-order valence-electron chi connectivity index (χ1n) is 30.9. The second-order valence-corrected chi connectivity index (χ2v) is 26.9. The monoisotopic (exact) mass is 1120 g/mol. The van der Waals surface area contributed by atoms with Crippen molar-refractivity contribution in [3.8, 4) is 66.8 Å². The molecule has 0 aliphatic carbocycles. The largest absolute Gasteiger partial charge is 0.456 e. The molecular formula is C84H66N2O. The molecule has 3 heteroatoms. The van der Waals surface area contributed by atoms with E-state index < -0.39 is 0 Å². The fourth-order valence-electron chi connectivity index (χ4n) is 15.6. The Morgan fingerprint density at radius 2 is 0.448 bits per heavy atom. The molecule has 3 nitrogen and oxygen atoms in total. The van der Waals surface area contributed by atoms with Crippen LogP contribution in [0.4, 0.5) is 34.1 Å². The molecule has 12 aromatic carbocycles. The zero-order valence-electron chi connectivity index (χ0n) is 50.6. The highest BCUT2D eigenvalue weighted by Crippen LogP contribution is 2.64. The van der Waals surface area contributed by atoms with Crippen molar-refractivity contribution in [2.24, 2.45) is 0 Å². The van der Waals surface area contributed by atoms with E-state index in [9.17, 15) is 0 Å². The van der Waals surface area contributed by atoms with E-state index in [0.29, 0.717) is 0 Å². The van der Waals surface area contributed by atoms with Gasteiger partial charge in [0.15, 0.2) is 0 Å². The molecule has 0 spiro atoms. The molecule has 4 aliphatic heterocycles. The topological polar surface area (TPSA) is 19.6 Å². The van der Waals surface area contributed by atoms with Crippen LogP contribution >= 0.6 is 0 Å². The van der Waals surface area contributed by atoms with Crippen molar-refractivity contribution >= 4 is 56.1 Å². The van der Waals surface area contributed by atoms with Crippen molar-refractivity contribution in [3.05, 3.63) is 299 Å². The summed E-state index contributed by atoms with van der Waals surface area (Å²) in [5.41, 5.74) is 33.2. The molecule has 87 heavy (non-hydrogen) atoms. The van der Waals surface area contributed by atoms with Crippen molar-refractivity contribution in [2.45, 2.75) is 77.0 Å². The number of fused-ring (bicyclic) bond motifs is 11. The summed E-state index contributed by atoms with van der Waals surface area (Å²) in [4.78, 5) is 5.17. The fourth-order valence-corrected chi connectivity index (χ4v) is 15.6. The standard InChI is InChI=1S/C84H66N2O/c1-81(2)65-43-57(51-21-13-9-14-22-51)29-35-73(65)85-74-36-30-58(52-23-15-10-16-24-52)44-66(74)82(3,4)70-48-61(47-69(81)79(70)85)55-33-39-77-63(41-55)64-42-56(34-40-78(64)87-77)62-49-71-80-72(50-62)84(7,8)68-46-60(54-27-19-12-20-28-54)32-38-76(68)86(80)75-37-31-59(45-67(75)83(71,5)6)53-25-17-11-18-26-53/h9-50H,1-8H3. The van der Waals surface area contributed by atoms with Crippen LogP contribution in [0.25, 0.3) is 88.7 Å². The molecule has 0 atom stereocenters. The van der Waals surface area contributed by atoms with E-state index in [-0.39, 0.29) is 21.7 Å². The highest BCUT2D eigenvalue weighted by atomic mass is 16.3. The van der Waals surface area contributed by atoms with E-state index in [2.05, 4.69) is 320 Å². The highest BCUT2D eigenvalue weighted by molar-refractivity contribution is 6.08. The average molecular weight is 1120 g/mol. The maximum atomic E-state index is 6.82. The van der Waals surface area contributed by atoms with Crippen LogP contribution in [0.5, 0.6) is 0 Å². The molecule has 1 aromatic heterocycles. The van der Waals surface area contributed by atoms with Crippen LogP contribution in [-0.4, -0.2) is 0 Å². The molecule has 0 bridgehead atoms. The van der Waals surface area contributed by atoms with E-state index in [1.165, 1.54) is 145 Å². The van der Waals surface area contributed by atoms with Gasteiger partial charge in [-0.2, -0.15) is 0 Å². The van der Waals surface area contributed by atoms with Gasteiger partial charge in [-0.1, -0.05) is 213 Å². The predicted octanol–water partition coefficient (Wildman–Crippen LogP) is 23.1. The van der Waals surface area contributed by atoms with Gasteiger partial charge in [-0.05, 0) is 208 Å².